The van der Waals surface area contributed by atoms with Crippen LogP contribution in [-0.2, 0) is 44.9 Å². The van der Waals surface area contributed by atoms with Gasteiger partial charge in [-0.05, 0) is 119 Å². The van der Waals surface area contributed by atoms with Crippen LogP contribution in [-0.4, -0.2) is 110 Å². The molecule has 4 heterocycles. The lowest BCUT2D eigenvalue weighted by atomic mass is 9.99. The van der Waals surface area contributed by atoms with Crippen molar-refractivity contribution in [2.75, 3.05) is 66.6 Å². The fourth-order valence-corrected chi connectivity index (χ4v) is 8.94. The van der Waals surface area contributed by atoms with Crippen LogP contribution in [0.4, 0.5) is 0 Å². The Morgan fingerprint density at radius 2 is 0.629 bits per heavy atom. The molecule has 0 bridgehead atoms. The van der Waals surface area contributed by atoms with Gasteiger partial charge in [0.2, 0.25) is 23.6 Å². The van der Waals surface area contributed by atoms with Crippen LogP contribution in [0, 0.1) is 0 Å². The SMILES string of the molecule is CC(C)c1ccc(CC(=O)N2CCC2)cc1.CC(C)c1ccc(CC(=O)N2CCCC2)cc1.COc1cc(CC(=O)N2CCC2)ccc1C(C)C.COc1cc(CC(=O)N2CCCC2)ccc1C(C)C. The molecule has 0 unspecified atom stereocenters. The molecule has 0 saturated carbocycles. The summed E-state index contributed by atoms with van der Waals surface area (Å²) in [6.07, 6.45) is 8.98. The lowest BCUT2D eigenvalue weighted by Crippen LogP contribution is -2.42. The zero-order chi connectivity index (χ0) is 50.7. The van der Waals surface area contributed by atoms with Crippen molar-refractivity contribution in [3.05, 3.63) is 129 Å². The molecule has 0 spiro atoms. The second kappa shape index (κ2) is 27.7. The van der Waals surface area contributed by atoms with Gasteiger partial charge >= 0.3 is 0 Å². The number of carbonyl (C=O) groups excluding carboxylic acids is 4. The number of nitrogens with zero attached hydrogens (tertiary/aromatic N) is 4. The number of hydrogen-bond acceptors (Lipinski definition) is 6. The monoisotopic (exact) mass is 957 g/mol. The molecule has 4 saturated heterocycles. The molecule has 4 amide bonds. The number of benzene rings is 4. The Hall–Kier alpha value is -5.64. The number of rotatable bonds is 14. The quantitative estimate of drug-likeness (QED) is 0.125. The first kappa shape index (κ1) is 55.3. The summed E-state index contributed by atoms with van der Waals surface area (Å²) in [5.74, 6) is 4.75. The Morgan fingerprint density at radius 1 is 0.371 bits per heavy atom. The van der Waals surface area contributed by atoms with Gasteiger partial charge in [0, 0.05) is 52.4 Å². The summed E-state index contributed by atoms with van der Waals surface area (Å²) in [5.41, 5.74) is 9.39. The molecular weight excluding hydrogens is 873 g/mol. The molecule has 70 heavy (non-hydrogen) atoms. The maximum atomic E-state index is 12.1. The van der Waals surface area contributed by atoms with Crippen molar-refractivity contribution >= 4 is 23.6 Å². The maximum absolute atomic E-state index is 12.1. The first-order valence-corrected chi connectivity index (χ1v) is 26.2. The largest absolute Gasteiger partial charge is 0.496 e. The normalized spacial score (nSPS) is 15.1. The smallest absolute Gasteiger partial charge is 0.226 e. The lowest BCUT2D eigenvalue weighted by molar-refractivity contribution is -0.134. The Kier molecular flexibility index (Phi) is 21.9. The van der Waals surface area contributed by atoms with Gasteiger partial charge in [-0.15, -0.1) is 0 Å². The molecule has 0 aromatic heterocycles. The van der Waals surface area contributed by atoms with Crippen molar-refractivity contribution in [1.29, 1.82) is 0 Å². The predicted octanol–water partition coefficient (Wildman–Crippen LogP) is 11.1. The van der Waals surface area contributed by atoms with Gasteiger partial charge in [-0.2, -0.15) is 0 Å². The molecule has 0 atom stereocenters. The fraction of sp³-hybridized carbons (Fsp3) is 0.533. The molecule has 8 rings (SSSR count). The maximum Gasteiger partial charge on any atom is 0.226 e. The first-order chi connectivity index (χ1) is 33.6. The average Bonchev–Trinajstić information content (AvgIpc) is 4.05. The fourth-order valence-electron chi connectivity index (χ4n) is 8.94. The summed E-state index contributed by atoms with van der Waals surface area (Å²) in [6, 6.07) is 29.1. The van der Waals surface area contributed by atoms with Crippen molar-refractivity contribution in [2.24, 2.45) is 0 Å². The van der Waals surface area contributed by atoms with Crippen LogP contribution in [0.1, 0.15) is 162 Å². The van der Waals surface area contributed by atoms with Gasteiger partial charge < -0.3 is 29.1 Å². The summed E-state index contributed by atoms with van der Waals surface area (Å²) < 4.78 is 10.8. The van der Waals surface area contributed by atoms with Crippen molar-refractivity contribution < 1.29 is 28.7 Å². The number of carbonyl (C=O) groups is 4. The van der Waals surface area contributed by atoms with Gasteiger partial charge in [-0.3, -0.25) is 19.2 Å². The topological polar surface area (TPSA) is 99.7 Å². The van der Waals surface area contributed by atoms with E-state index in [1.165, 1.54) is 22.3 Å². The highest BCUT2D eigenvalue weighted by Gasteiger charge is 2.23. The number of ether oxygens (including phenoxy) is 2. The summed E-state index contributed by atoms with van der Waals surface area (Å²) in [7, 11) is 3.37. The molecule has 4 aliphatic rings. The van der Waals surface area contributed by atoms with E-state index in [1.54, 1.807) is 14.2 Å². The molecule has 4 aromatic rings. The van der Waals surface area contributed by atoms with Crippen LogP contribution in [0.3, 0.4) is 0 Å². The van der Waals surface area contributed by atoms with Crippen molar-refractivity contribution in [2.45, 2.75) is 143 Å². The first-order valence-electron chi connectivity index (χ1n) is 26.2. The van der Waals surface area contributed by atoms with E-state index in [0.717, 1.165) is 125 Å². The number of methoxy groups -OCH3 is 2. The molecule has 0 N–H and O–H groups in total. The van der Waals surface area contributed by atoms with E-state index < -0.39 is 0 Å². The summed E-state index contributed by atoms with van der Waals surface area (Å²) in [5, 5.41) is 0. The molecule has 4 fully saturated rings. The van der Waals surface area contributed by atoms with Crippen LogP contribution < -0.4 is 9.47 Å². The molecular formula is C60H84N4O6. The van der Waals surface area contributed by atoms with E-state index in [1.807, 2.05) is 43.9 Å². The second-order valence-electron chi connectivity index (χ2n) is 20.6. The van der Waals surface area contributed by atoms with Crippen LogP contribution in [0.25, 0.3) is 0 Å². The molecule has 380 valence electrons. The highest BCUT2D eigenvalue weighted by molar-refractivity contribution is 5.81. The van der Waals surface area contributed by atoms with Gasteiger partial charge in [-0.25, -0.2) is 0 Å². The molecule has 10 heteroatoms. The van der Waals surface area contributed by atoms with E-state index in [0.29, 0.717) is 49.4 Å². The predicted molar refractivity (Wildman–Crippen MR) is 284 cm³/mol. The molecule has 4 aromatic carbocycles. The van der Waals surface area contributed by atoms with Crippen LogP contribution in [0.5, 0.6) is 11.5 Å². The van der Waals surface area contributed by atoms with Gasteiger partial charge in [0.25, 0.3) is 0 Å². The summed E-state index contributed by atoms with van der Waals surface area (Å²) in [6.45, 7) is 24.8. The Balaban J connectivity index is 0.000000174. The van der Waals surface area contributed by atoms with Crippen molar-refractivity contribution in [1.82, 2.24) is 19.6 Å². The van der Waals surface area contributed by atoms with Crippen LogP contribution in [0.15, 0.2) is 84.9 Å². The number of hydrogen-bond donors (Lipinski definition) is 0. The van der Waals surface area contributed by atoms with Gasteiger partial charge in [-0.1, -0.05) is 128 Å². The summed E-state index contributed by atoms with van der Waals surface area (Å²) >= 11 is 0. The second-order valence-corrected chi connectivity index (χ2v) is 20.6. The minimum absolute atomic E-state index is 0.223. The van der Waals surface area contributed by atoms with E-state index in [9.17, 15) is 19.2 Å². The minimum atomic E-state index is 0.223. The molecule has 4 aliphatic heterocycles. The number of likely N-dealkylation sites (tertiary alicyclic amines) is 4. The van der Waals surface area contributed by atoms with E-state index >= 15 is 0 Å². The third kappa shape index (κ3) is 16.8. The molecule has 0 aliphatic carbocycles. The van der Waals surface area contributed by atoms with E-state index in [4.69, 9.17) is 9.47 Å². The van der Waals surface area contributed by atoms with Gasteiger partial charge in [0.1, 0.15) is 11.5 Å². The van der Waals surface area contributed by atoms with Gasteiger partial charge in [0.15, 0.2) is 0 Å². The minimum Gasteiger partial charge on any atom is -0.496 e. The highest BCUT2D eigenvalue weighted by atomic mass is 16.5. The summed E-state index contributed by atoms with van der Waals surface area (Å²) in [4.78, 5) is 55.5. The average molecular weight is 957 g/mol. The number of amides is 4. The van der Waals surface area contributed by atoms with Gasteiger partial charge in [0.05, 0.1) is 39.9 Å². The molecule has 10 nitrogen and oxygen atoms in total. The standard InChI is InChI=1S/C16H23NO2.C15H21NO2.C15H21NO.C14H19NO/c1-12(2)14-7-6-13(10-15(14)19-3)11-16(18)17-8-4-5-9-17;1-11(2)13-6-5-12(9-14(13)18-3)10-15(17)16-7-4-8-16;1-12(2)14-7-5-13(6-8-14)11-15(17)16-9-3-4-10-16;1-11(2)13-6-4-12(5-7-13)10-14(16)15-8-3-9-15/h6-7,10,12H,4-5,8-9,11H2,1-3H3;5-6,9,11H,4,7-8,10H2,1-3H3;5-8,12H,3-4,9-11H2,1-2H3;4-7,11H,3,8-10H2,1-2H3. The Morgan fingerprint density at radius 3 is 0.857 bits per heavy atom. The van der Waals surface area contributed by atoms with Crippen molar-refractivity contribution in [3.8, 4) is 11.5 Å². The molecule has 0 radical (unpaired) electrons. The highest BCUT2D eigenvalue weighted by Crippen LogP contribution is 2.29. The Bertz CT molecular complexity index is 2270. The Labute approximate surface area is 421 Å². The van der Waals surface area contributed by atoms with E-state index in [-0.39, 0.29) is 23.6 Å². The lowest BCUT2D eigenvalue weighted by Gasteiger charge is -2.31. The van der Waals surface area contributed by atoms with Crippen LogP contribution >= 0.6 is 0 Å². The van der Waals surface area contributed by atoms with Crippen LogP contribution in [0.2, 0.25) is 0 Å². The third-order valence-corrected chi connectivity index (χ3v) is 13.9. The zero-order valence-electron chi connectivity index (χ0n) is 44.4. The zero-order valence-corrected chi connectivity index (χ0v) is 44.4. The van der Waals surface area contributed by atoms with E-state index in [2.05, 4.69) is 116 Å². The third-order valence-electron chi connectivity index (χ3n) is 13.9. The van der Waals surface area contributed by atoms with Crippen molar-refractivity contribution in [3.63, 3.8) is 0 Å².